The number of aromatic hydroxyl groups is 1. The van der Waals surface area contributed by atoms with Gasteiger partial charge in [-0.05, 0) is 36.4 Å². The first-order valence-corrected chi connectivity index (χ1v) is 5.93. The Morgan fingerprint density at radius 3 is 1.35 bits per heavy atom. The van der Waals surface area contributed by atoms with E-state index in [1.54, 1.807) is 36.7 Å². The minimum Gasteiger partial charge on any atom is -0.508 e. The molecule has 100 valence electrons. The maximum atomic E-state index is 8.63. The number of benzene rings is 1. The van der Waals surface area contributed by atoms with Crippen molar-refractivity contribution < 1.29 is 5.11 Å². The van der Waals surface area contributed by atoms with E-state index in [0.717, 1.165) is 11.4 Å². The molecule has 2 aromatic heterocycles. The summed E-state index contributed by atoms with van der Waals surface area (Å²) in [5.74, 6) is 0.322. The van der Waals surface area contributed by atoms with E-state index in [2.05, 4.69) is 9.97 Å². The Labute approximate surface area is 128 Å². The number of rotatable bonds is 1. The number of phenolic OH excluding ortho intramolecular Hbond substituents is 1. The Balaban J connectivity index is 0.000000216. The van der Waals surface area contributed by atoms with E-state index in [1.165, 1.54) is 0 Å². The molecular formula is C16H14N2OSe. The van der Waals surface area contributed by atoms with Crippen molar-refractivity contribution in [1.29, 1.82) is 0 Å². The normalized spacial score (nSPS) is 8.80. The third kappa shape index (κ3) is 5.22. The molecule has 0 amide bonds. The largest absolute Gasteiger partial charge is 0.508 e. The SMILES string of the molecule is Oc1ccccc1.[Se].c1ccc(-c2ccccn2)nc1. The third-order valence-electron chi connectivity index (χ3n) is 2.35. The molecule has 2 heterocycles. The summed E-state index contributed by atoms with van der Waals surface area (Å²) in [4.78, 5) is 8.37. The zero-order chi connectivity index (χ0) is 13.3. The molecule has 3 nitrogen and oxygen atoms in total. The molecular weight excluding hydrogens is 315 g/mol. The summed E-state index contributed by atoms with van der Waals surface area (Å²) in [6, 6.07) is 20.3. The maximum Gasteiger partial charge on any atom is 0.115 e. The van der Waals surface area contributed by atoms with Crippen LogP contribution in [0.1, 0.15) is 0 Å². The van der Waals surface area contributed by atoms with Crippen molar-refractivity contribution in [3.63, 3.8) is 0 Å². The van der Waals surface area contributed by atoms with Crippen molar-refractivity contribution in [1.82, 2.24) is 9.97 Å². The minimum atomic E-state index is 0. The topological polar surface area (TPSA) is 46.0 Å². The van der Waals surface area contributed by atoms with Gasteiger partial charge >= 0.3 is 0 Å². The van der Waals surface area contributed by atoms with Gasteiger partial charge in [-0.25, -0.2) is 0 Å². The molecule has 2 radical (unpaired) electrons. The fourth-order valence-corrected chi connectivity index (χ4v) is 1.46. The third-order valence-corrected chi connectivity index (χ3v) is 2.35. The van der Waals surface area contributed by atoms with Gasteiger partial charge < -0.3 is 5.11 Å². The standard InChI is InChI=1S/C10H8N2.C6H6O.Se/c1-3-7-11-9(5-1)10-6-2-4-8-12-10;7-6-4-2-1-3-5-6;/h1-8H;1-5,7H;. The quantitative estimate of drug-likeness (QED) is 0.698. The number of nitrogens with zero attached hydrogens (tertiary/aromatic N) is 2. The zero-order valence-corrected chi connectivity index (χ0v) is 12.5. The Kier molecular flexibility index (Phi) is 7.04. The van der Waals surface area contributed by atoms with Gasteiger partial charge in [-0.3, -0.25) is 9.97 Å². The van der Waals surface area contributed by atoms with E-state index in [-0.39, 0.29) is 17.1 Å². The van der Waals surface area contributed by atoms with E-state index >= 15 is 0 Å². The number of aromatic nitrogens is 2. The summed E-state index contributed by atoms with van der Waals surface area (Å²) in [7, 11) is 0. The molecule has 3 rings (SSSR count). The Bertz CT molecular complexity index is 551. The van der Waals surface area contributed by atoms with Crippen molar-refractivity contribution in [2.24, 2.45) is 0 Å². The molecule has 0 bridgehead atoms. The van der Waals surface area contributed by atoms with Gasteiger partial charge in [-0.2, -0.15) is 0 Å². The summed E-state index contributed by atoms with van der Waals surface area (Å²) in [6.07, 6.45) is 3.54. The van der Waals surface area contributed by atoms with Crippen LogP contribution in [0.25, 0.3) is 11.4 Å². The van der Waals surface area contributed by atoms with Gasteiger partial charge in [0.05, 0.1) is 11.4 Å². The van der Waals surface area contributed by atoms with Crippen molar-refractivity contribution in [2.75, 3.05) is 0 Å². The Morgan fingerprint density at radius 2 is 1.05 bits per heavy atom. The van der Waals surface area contributed by atoms with Crippen LogP contribution in [-0.4, -0.2) is 32.1 Å². The zero-order valence-electron chi connectivity index (χ0n) is 10.8. The van der Waals surface area contributed by atoms with Gasteiger partial charge in [0.25, 0.3) is 0 Å². The van der Waals surface area contributed by atoms with Crippen LogP contribution in [0.5, 0.6) is 5.75 Å². The fourth-order valence-electron chi connectivity index (χ4n) is 1.46. The molecule has 1 N–H and O–H groups in total. The maximum absolute atomic E-state index is 8.63. The van der Waals surface area contributed by atoms with Crippen LogP contribution in [-0.2, 0) is 0 Å². The van der Waals surface area contributed by atoms with Gasteiger partial charge in [0.1, 0.15) is 5.75 Å². The molecule has 0 aliphatic heterocycles. The molecule has 0 atom stereocenters. The summed E-state index contributed by atoms with van der Waals surface area (Å²) >= 11 is 0. The monoisotopic (exact) mass is 330 g/mol. The predicted molar refractivity (Wildman–Crippen MR) is 81.3 cm³/mol. The fraction of sp³-hybridized carbons (Fsp3) is 0. The van der Waals surface area contributed by atoms with Crippen LogP contribution in [0.3, 0.4) is 0 Å². The number of hydrogen-bond donors (Lipinski definition) is 1. The summed E-state index contributed by atoms with van der Waals surface area (Å²) in [6.45, 7) is 0. The molecule has 0 fully saturated rings. The molecule has 4 heteroatoms. The number of para-hydroxylation sites is 1. The summed E-state index contributed by atoms with van der Waals surface area (Å²) in [5, 5.41) is 8.63. The Hall–Kier alpha value is -2.16. The van der Waals surface area contributed by atoms with E-state index in [1.807, 2.05) is 42.5 Å². The first-order valence-electron chi connectivity index (χ1n) is 5.93. The van der Waals surface area contributed by atoms with E-state index < -0.39 is 0 Å². The molecule has 1 aromatic carbocycles. The molecule has 0 unspecified atom stereocenters. The van der Waals surface area contributed by atoms with Crippen molar-refractivity contribution in [2.45, 2.75) is 0 Å². The summed E-state index contributed by atoms with van der Waals surface area (Å²) < 4.78 is 0. The van der Waals surface area contributed by atoms with Crippen LogP contribution in [0.4, 0.5) is 0 Å². The second-order valence-corrected chi connectivity index (χ2v) is 3.77. The van der Waals surface area contributed by atoms with Crippen LogP contribution >= 0.6 is 0 Å². The van der Waals surface area contributed by atoms with Crippen LogP contribution < -0.4 is 0 Å². The second kappa shape index (κ2) is 8.86. The van der Waals surface area contributed by atoms with Gasteiger partial charge in [-0.1, -0.05) is 30.3 Å². The van der Waals surface area contributed by atoms with Gasteiger partial charge in [-0.15, -0.1) is 0 Å². The van der Waals surface area contributed by atoms with E-state index in [9.17, 15) is 0 Å². The van der Waals surface area contributed by atoms with E-state index in [4.69, 9.17) is 5.11 Å². The summed E-state index contributed by atoms with van der Waals surface area (Å²) in [5.41, 5.74) is 1.83. The molecule has 0 saturated heterocycles. The first kappa shape index (κ1) is 15.9. The van der Waals surface area contributed by atoms with Crippen molar-refractivity contribution in [3.05, 3.63) is 79.1 Å². The number of hydrogen-bond acceptors (Lipinski definition) is 3. The van der Waals surface area contributed by atoms with E-state index in [0.29, 0.717) is 5.75 Å². The average Bonchev–Trinajstić information content (AvgIpc) is 2.51. The smallest absolute Gasteiger partial charge is 0.115 e. The van der Waals surface area contributed by atoms with Gasteiger partial charge in [0, 0.05) is 29.5 Å². The molecule has 0 aliphatic carbocycles. The van der Waals surface area contributed by atoms with Crippen LogP contribution in [0.15, 0.2) is 79.1 Å². The molecule has 0 saturated carbocycles. The molecule has 20 heavy (non-hydrogen) atoms. The first-order chi connectivity index (χ1) is 9.36. The second-order valence-electron chi connectivity index (χ2n) is 3.77. The molecule has 3 aromatic rings. The molecule has 0 spiro atoms. The van der Waals surface area contributed by atoms with Crippen LogP contribution in [0.2, 0.25) is 0 Å². The van der Waals surface area contributed by atoms with Gasteiger partial charge in [0.2, 0.25) is 0 Å². The minimum absolute atomic E-state index is 0. The average molecular weight is 329 g/mol. The number of pyridine rings is 2. The number of phenols is 1. The molecule has 0 aliphatic rings. The van der Waals surface area contributed by atoms with Crippen molar-refractivity contribution in [3.8, 4) is 17.1 Å². The predicted octanol–water partition coefficient (Wildman–Crippen LogP) is 3.16. The van der Waals surface area contributed by atoms with Crippen molar-refractivity contribution >= 4 is 17.1 Å². The van der Waals surface area contributed by atoms with Crippen LogP contribution in [0, 0.1) is 0 Å². The van der Waals surface area contributed by atoms with Gasteiger partial charge in [0.15, 0.2) is 0 Å². The Morgan fingerprint density at radius 1 is 0.600 bits per heavy atom.